The number of hydrogen-bond acceptors (Lipinski definition) is 7. The molecule has 1 aliphatic rings. The van der Waals surface area contributed by atoms with Gasteiger partial charge < -0.3 is 15.8 Å². The van der Waals surface area contributed by atoms with Crippen LogP contribution in [0.25, 0.3) is 16.6 Å². The summed E-state index contributed by atoms with van der Waals surface area (Å²) in [5, 5.41) is 7.52. The maximum Gasteiger partial charge on any atom is 0.252 e. The highest BCUT2D eigenvalue weighted by molar-refractivity contribution is 7.88. The van der Waals surface area contributed by atoms with E-state index in [4.69, 9.17) is 10.5 Å². The van der Waals surface area contributed by atoms with Crippen molar-refractivity contribution in [3.63, 3.8) is 0 Å². The second-order valence-corrected chi connectivity index (χ2v) is 9.85. The average Bonchev–Trinajstić information content (AvgIpc) is 3.32. The maximum atomic E-state index is 14.5. The van der Waals surface area contributed by atoms with Crippen molar-refractivity contribution in [1.29, 1.82) is 0 Å². The van der Waals surface area contributed by atoms with Gasteiger partial charge in [0.25, 0.3) is 5.91 Å². The van der Waals surface area contributed by atoms with Crippen molar-refractivity contribution in [2.24, 2.45) is 11.7 Å². The van der Waals surface area contributed by atoms with Crippen LogP contribution in [0.1, 0.15) is 17.3 Å². The first-order chi connectivity index (χ1) is 15.1. The Balaban J connectivity index is 1.79. The van der Waals surface area contributed by atoms with E-state index in [1.807, 2.05) is 6.92 Å². The molecule has 0 spiro atoms. The first kappa shape index (κ1) is 22.0. The first-order valence-electron chi connectivity index (χ1n) is 9.81. The third-order valence-corrected chi connectivity index (χ3v) is 6.87. The molecule has 2 atom stereocenters. The molecule has 0 radical (unpaired) electrons. The smallest absolute Gasteiger partial charge is 0.252 e. The average molecular weight is 463 g/mol. The molecule has 3 N–H and O–H groups in total. The largest absolute Gasteiger partial charge is 0.481 e. The lowest BCUT2D eigenvalue weighted by atomic mass is 10.0. The van der Waals surface area contributed by atoms with E-state index in [2.05, 4.69) is 15.4 Å². The molecule has 4 heterocycles. The second kappa shape index (κ2) is 8.02. The summed E-state index contributed by atoms with van der Waals surface area (Å²) in [6.07, 6.45) is 5.18. The van der Waals surface area contributed by atoms with Gasteiger partial charge in [0, 0.05) is 42.5 Å². The summed E-state index contributed by atoms with van der Waals surface area (Å²) in [5.41, 5.74) is 7.38. The lowest BCUT2D eigenvalue weighted by molar-refractivity contribution is 0.100. The number of fused-ring (bicyclic) bond motifs is 1. The van der Waals surface area contributed by atoms with Crippen molar-refractivity contribution in [1.82, 2.24) is 18.9 Å². The summed E-state index contributed by atoms with van der Waals surface area (Å²) >= 11 is 0. The van der Waals surface area contributed by atoms with Crippen LogP contribution in [0.2, 0.25) is 0 Å². The van der Waals surface area contributed by atoms with E-state index in [0.29, 0.717) is 23.3 Å². The molecule has 1 fully saturated rings. The van der Waals surface area contributed by atoms with Crippen LogP contribution in [0.5, 0.6) is 5.88 Å². The van der Waals surface area contributed by atoms with E-state index in [1.54, 1.807) is 12.3 Å². The molecule has 0 aliphatic carbocycles. The molecule has 4 rings (SSSR count). The van der Waals surface area contributed by atoms with Crippen LogP contribution in [0.4, 0.5) is 10.1 Å². The Bertz CT molecular complexity index is 1310. The molecule has 10 nitrogen and oxygen atoms in total. The number of carbonyl (C=O) groups excluding carboxylic acids is 1. The minimum absolute atomic E-state index is 0.0185. The third-order valence-electron chi connectivity index (χ3n) is 5.63. The van der Waals surface area contributed by atoms with Crippen LogP contribution >= 0.6 is 0 Å². The number of pyridine rings is 1. The number of halogens is 1. The van der Waals surface area contributed by atoms with E-state index in [9.17, 15) is 17.6 Å². The number of ether oxygens (including phenoxy) is 1. The predicted molar refractivity (Wildman–Crippen MR) is 116 cm³/mol. The van der Waals surface area contributed by atoms with Crippen LogP contribution in [-0.2, 0) is 10.0 Å². The van der Waals surface area contributed by atoms with Crippen molar-refractivity contribution in [2.75, 3.05) is 31.8 Å². The van der Waals surface area contributed by atoms with Gasteiger partial charge in [-0.3, -0.25) is 4.79 Å². The Hall–Kier alpha value is -3.25. The summed E-state index contributed by atoms with van der Waals surface area (Å²) in [5.74, 6) is -0.997. The molecule has 170 valence electrons. The number of rotatable bonds is 6. The topological polar surface area (TPSA) is 132 Å². The fourth-order valence-electron chi connectivity index (χ4n) is 3.86. The van der Waals surface area contributed by atoms with Crippen molar-refractivity contribution < 1.29 is 22.3 Å². The molecule has 1 amide bonds. The van der Waals surface area contributed by atoms with Crippen molar-refractivity contribution in [3.8, 4) is 17.0 Å². The molecule has 3 aromatic rings. The zero-order valence-electron chi connectivity index (χ0n) is 17.7. The Morgan fingerprint density at radius 2 is 2.06 bits per heavy atom. The van der Waals surface area contributed by atoms with E-state index < -0.39 is 21.7 Å². The van der Waals surface area contributed by atoms with Crippen LogP contribution < -0.4 is 15.8 Å². The van der Waals surface area contributed by atoms with Crippen molar-refractivity contribution in [2.45, 2.75) is 13.0 Å². The molecule has 1 saturated heterocycles. The number of sulfonamides is 1. The van der Waals surface area contributed by atoms with Gasteiger partial charge in [-0.1, -0.05) is 6.92 Å². The van der Waals surface area contributed by atoms with E-state index in [1.165, 1.54) is 34.4 Å². The Morgan fingerprint density at radius 1 is 1.31 bits per heavy atom. The summed E-state index contributed by atoms with van der Waals surface area (Å²) in [4.78, 5) is 15.9. The zero-order valence-corrected chi connectivity index (χ0v) is 18.6. The molecule has 0 unspecified atom stereocenters. The minimum atomic E-state index is -3.35. The number of aromatic nitrogens is 3. The number of anilines is 1. The van der Waals surface area contributed by atoms with Crippen LogP contribution in [-0.4, -0.2) is 65.7 Å². The quantitative estimate of drug-likeness (QED) is 0.565. The lowest BCUT2D eigenvalue weighted by Gasteiger charge is -2.20. The fourth-order valence-corrected chi connectivity index (χ4v) is 4.80. The molecule has 0 saturated carbocycles. The van der Waals surface area contributed by atoms with E-state index in [0.717, 1.165) is 6.20 Å². The molecular weight excluding hydrogens is 439 g/mol. The molecule has 1 aliphatic heterocycles. The fraction of sp³-hybridized carbons (Fsp3) is 0.350. The molecule has 12 heteroatoms. The van der Waals surface area contributed by atoms with Crippen molar-refractivity contribution in [3.05, 3.63) is 42.1 Å². The highest BCUT2D eigenvalue weighted by atomic mass is 32.2. The summed E-state index contributed by atoms with van der Waals surface area (Å²) < 4.78 is 46.4. The first-order valence-corrected chi connectivity index (χ1v) is 11.7. The SMILES string of the molecule is COc1cc(-c2cc3c(N[C@@H]4CN(S(C)(=O)=O)C[C@H]4C)c(C(N)=O)cnn3c2)c(F)cn1. The highest BCUT2D eigenvalue weighted by Gasteiger charge is 2.35. The van der Waals surface area contributed by atoms with Gasteiger partial charge in [0.1, 0.15) is 5.82 Å². The number of nitrogens with two attached hydrogens (primary N) is 1. The Kier molecular flexibility index (Phi) is 5.51. The number of methoxy groups -OCH3 is 1. The van der Waals surface area contributed by atoms with Gasteiger partial charge in [0.15, 0.2) is 0 Å². The number of hydrogen-bond donors (Lipinski definition) is 2. The normalized spacial score (nSPS) is 19.4. The Labute approximate surface area is 184 Å². The summed E-state index contributed by atoms with van der Waals surface area (Å²) in [6.45, 7) is 2.53. The van der Waals surface area contributed by atoms with Crippen LogP contribution in [0.3, 0.4) is 0 Å². The molecule has 0 aromatic carbocycles. The molecule has 3 aromatic heterocycles. The number of nitrogens with zero attached hydrogens (tertiary/aromatic N) is 4. The van der Waals surface area contributed by atoms with Gasteiger partial charge in [0.05, 0.1) is 42.5 Å². The van der Waals surface area contributed by atoms with Crippen LogP contribution in [0, 0.1) is 11.7 Å². The van der Waals surface area contributed by atoms with Crippen LogP contribution in [0.15, 0.2) is 30.7 Å². The van der Waals surface area contributed by atoms with Gasteiger partial charge in [-0.05, 0) is 12.0 Å². The van der Waals surface area contributed by atoms with Gasteiger partial charge in [-0.2, -0.15) is 9.40 Å². The number of primary amides is 1. The Morgan fingerprint density at radius 3 is 2.69 bits per heavy atom. The number of amides is 1. The molecule has 0 bridgehead atoms. The lowest BCUT2D eigenvalue weighted by Crippen LogP contribution is -2.32. The molecular formula is C20H23FN6O4S. The maximum absolute atomic E-state index is 14.5. The number of carbonyl (C=O) groups is 1. The zero-order chi connectivity index (χ0) is 23.2. The minimum Gasteiger partial charge on any atom is -0.481 e. The van der Waals surface area contributed by atoms with Gasteiger partial charge >= 0.3 is 0 Å². The van der Waals surface area contributed by atoms with Gasteiger partial charge in [-0.15, -0.1) is 0 Å². The second-order valence-electron chi connectivity index (χ2n) is 7.87. The summed E-state index contributed by atoms with van der Waals surface area (Å²) in [6, 6.07) is 2.88. The number of nitrogens with one attached hydrogen (secondary N) is 1. The summed E-state index contributed by atoms with van der Waals surface area (Å²) in [7, 11) is -1.91. The van der Waals surface area contributed by atoms with E-state index >= 15 is 0 Å². The highest BCUT2D eigenvalue weighted by Crippen LogP contribution is 2.33. The molecule has 32 heavy (non-hydrogen) atoms. The third kappa shape index (κ3) is 3.98. The predicted octanol–water partition coefficient (Wildman–Crippen LogP) is 1.33. The van der Waals surface area contributed by atoms with Gasteiger partial charge in [0.2, 0.25) is 15.9 Å². The van der Waals surface area contributed by atoms with Gasteiger partial charge in [-0.25, -0.2) is 22.3 Å². The van der Waals surface area contributed by atoms with Crippen molar-refractivity contribution >= 4 is 27.1 Å². The standard InChI is InChI=1S/C20H23FN6O4S/c1-11-8-26(32(3,29)30)10-16(11)25-19-14(20(22)28)6-24-27-9-12(4-17(19)27)13-5-18(31-2)23-7-15(13)21/h4-7,9,11,16,25H,8,10H2,1-3H3,(H2,22,28)/t11-,16-/m1/s1. The monoisotopic (exact) mass is 462 g/mol. The van der Waals surface area contributed by atoms with E-state index in [-0.39, 0.29) is 35.5 Å².